The molecule has 0 spiro atoms. The van der Waals surface area contributed by atoms with E-state index in [0.717, 1.165) is 17.3 Å². The van der Waals surface area contributed by atoms with E-state index in [1.807, 2.05) is 25.1 Å². The quantitative estimate of drug-likeness (QED) is 0.838. The molecule has 0 radical (unpaired) electrons. The second-order valence-electron chi connectivity index (χ2n) is 5.41. The molecule has 0 bridgehead atoms. The highest BCUT2D eigenvalue weighted by atomic mass is 35.5. The molecule has 2 nitrogen and oxygen atoms in total. The van der Waals surface area contributed by atoms with Crippen molar-refractivity contribution < 1.29 is 4.74 Å². The summed E-state index contributed by atoms with van der Waals surface area (Å²) in [4.78, 5) is 0. The second-order valence-corrected chi connectivity index (χ2v) is 5.85. The summed E-state index contributed by atoms with van der Waals surface area (Å²) < 4.78 is 5.50. The summed E-state index contributed by atoms with van der Waals surface area (Å²) in [5, 5.41) is 4.35. The zero-order valence-electron chi connectivity index (χ0n) is 12.2. The van der Waals surface area contributed by atoms with Crippen LogP contribution in [0.4, 0.5) is 0 Å². The van der Waals surface area contributed by atoms with Gasteiger partial charge in [0.15, 0.2) is 0 Å². The van der Waals surface area contributed by atoms with E-state index in [1.165, 1.54) is 29.5 Å². The second kappa shape index (κ2) is 6.50. The van der Waals surface area contributed by atoms with E-state index in [1.54, 1.807) is 0 Å². The Hall–Kier alpha value is -1.51. The number of ether oxygens (including phenoxy) is 1. The lowest BCUT2D eigenvalue weighted by molar-refractivity contribution is 0.340. The maximum Gasteiger partial charge on any atom is 0.119 e. The van der Waals surface area contributed by atoms with Gasteiger partial charge in [-0.25, -0.2) is 0 Å². The van der Waals surface area contributed by atoms with Gasteiger partial charge < -0.3 is 10.1 Å². The number of halogens is 1. The fourth-order valence-electron chi connectivity index (χ4n) is 2.43. The summed E-state index contributed by atoms with van der Waals surface area (Å²) in [6, 6.07) is 15.1. The number of benzene rings is 2. The fraction of sp³-hybridized carbons (Fsp3) is 0.333. The molecule has 0 aliphatic heterocycles. The van der Waals surface area contributed by atoms with E-state index in [2.05, 4.69) is 29.6 Å². The first-order chi connectivity index (χ1) is 10.3. The molecular formula is C18H20ClNO. The first-order valence-electron chi connectivity index (χ1n) is 7.51. The third kappa shape index (κ3) is 3.78. The molecule has 0 aromatic heterocycles. The maximum atomic E-state index is 6.15. The van der Waals surface area contributed by atoms with Crippen LogP contribution in [-0.2, 0) is 6.54 Å². The monoisotopic (exact) mass is 301 g/mol. The van der Waals surface area contributed by atoms with Gasteiger partial charge in [-0.05, 0) is 60.7 Å². The zero-order valence-corrected chi connectivity index (χ0v) is 13.0. The van der Waals surface area contributed by atoms with Crippen molar-refractivity contribution in [3.8, 4) is 16.9 Å². The van der Waals surface area contributed by atoms with Crippen molar-refractivity contribution in [3.05, 3.63) is 53.1 Å². The fourth-order valence-corrected chi connectivity index (χ4v) is 2.62. The molecule has 1 aliphatic rings. The van der Waals surface area contributed by atoms with Gasteiger partial charge in [-0.1, -0.05) is 29.8 Å². The molecular weight excluding hydrogens is 282 g/mol. The minimum atomic E-state index is 0.691. The van der Waals surface area contributed by atoms with E-state index in [9.17, 15) is 0 Å². The van der Waals surface area contributed by atoms with Gasteiger partial charge >= 0.3 is 0 Å². The molecule has 0 amide bonds. The van der Waals surface area contributed by atoms with Crippen LogP contribution in [0.25, 0.3) is 11.1 Å². The van der Waals surface area contributed by atoms with Crippen molar-refractivity contribution in [1.82, 2.24) is 5.32 Å². The SMILES string of the molecule is CCOc1ccc(-c2ccc(Cl)cc2CNC2CC2)cc1. The van der Waals surface area contributed by atoms with Crippen LogP contribution in [0, 0.1) is 0 Å². The Bertz CT molecular complexity index is 605. The zero-order chi connectivity index (χ0) is 14.7. The smallest absolute Gasteiger partial charge is 0.119 e. The van der Waals surface area contributed by atoms with Crippen molar-refractivity contribution in [3.63, 3.8) is 0 Å². The Morgan fingerprint density at radius 1 is 1.14 bits per heavy atom. The van der Waals surface area contributed by atoms with Crippen LogP contribution in [0.5, 0.6) is 5.75 Å². The van der Waals surface area contributed by atoms with Gasteiger partial charge in [0.1, 0.15) is 5.75 Å². The van der Waals surface area contributed by atoms with Crippen LogP contribution in [0.1, 0.15) is 25.3 Å². The molecule has 1 N–H and O–H groups in total. The average molecular weight is 302 g/mol. The highest BCUT2D eigenvalue weighted by molar-refractivity contribution is 6.30. The van der Waals surface area contributed by atoms with Crippen LogP contribution in [0.2, 0.25) is 5.02 Å². The Morgan fingerprint density at radius 2 is 1.90 bits per heavy atom. The minimum absolute atomic E-state index is 0.691. The van der Waals surface area contributed by atoms with Crippen LogP contribution >= 0.6 is 11.6 Å². The lowest BCUT2D eigenvalue weighted by atomic mass is 9.99. The summed E-state index contributed by atoms with van der Waals surface area (Å²) in [6.07, 6.45) is 2.58. The van der Waals surface area contributed by atoms with Crippen molar-refractivity contribution >= 4 is 11.6 Å². The molecule has 1 saturated carbocycles. The Labute approximate surface area is 131 Å². The molecule has 2 aromatic carbocycles. The van der Waals surface area contributed by atoms with Crippen molar-refractivity contribution in [2.45, 2.75) is 32.4 Å². The van der Waals surface area contributed by atoms with E-state index in [-0.39, 0.29) is 0 Å². The van der Waals surface area contributed by atoms with E-state index in [4.69, 9.17) is 16.3 Å². The third-order valence-corrected chi connectivity index (χ3v) is 3.94. The standard InChI is InChI=1S/C18H20ClNO/c1-2-21-17-8-3-13(4-9-17)18-10-5-15(19)11-14(18)12-20-16-6-7-16/h3-5,8-11,16,20H,2,6-7,12H2,1H3. The van der Waals surface area contributed by atoms with Crippen LogP contribution in [0.15, 0.2) is 42.5 Å². The first-order valence-corrected chi connectivity index (χ1v) is 7.89. The van der Waals surface area contributed by atoms with E-state index >= 15 is 0 Å². The first kappa shape index (κ1) is 14.4. The summed E-state index contributed by atoms with van der Waals surface area (Å²) in [5.41, 5.74) is 3.68. The molecule has 0 heterocycles. The highest BCUT2D eigenvalue weighted by Gasteiger charge is 2.20. The molecule has 0 saturated heterocycles. The van der Waals surface area contributed by atoms with Gasteiger partial charge in [0.05, 0.1) is 6.61 Å². The van der Waals surface area contributed by atoms with Gasteiger partial charge in [-0.3, -0.25) is 0 Å². The van der Waals surface area contributed by atoms with E-state index in [0.29, 0.717) is 12.6 Å². The highest BCUT2D eigenvalue weighted by Crippen LogP contribution is 2.29. The molecule has 110 valence electrons. The summed E-state index contributed by atoms with van der Waals surface area (Å²) in [6.45, 7) is 3.55. The Kier molecular flexibility index (Phi) is 4.47. The maximum absolute atomic E-state index is 6.15. The molecule has 0 unspecified atom stereocenters. The third-order valence-electron chi connectivity index (χ3n) is 3.70. The molecule has 1 aliphatic carbocycles. The lowest BCUT2D eigenvalue weighted by Crippen LogP contribution is -2.15. The van der Waals surface area contributed by atoms with Gasteiger partial charge in [-0.15, -0.1) is 0 Å². The molecule has 3 heteroatoms. The normalized spacial score (nSPS) is 14.2. The topological polar surface area (TPSA) is 21.3 Å². The van der Waals surface area contributed by atoms with Gasteiger partial charge in [0.25, 0.3) is 0 Å². The predicted molar refractivity (Wildman–Crippen MR) is 87.9 cm³/mol. The average Bonchev–Trinajstić information content (AvgIpc) is 3.31. The minimum Gasteiger partial charge on any atom is -0.494 e. The summed E-state index contributed by atoms with van der Waals surface area (Å²) >= 11 is 6.15. The van der Waals surface area contributed by atoms with Crippen molar-refractivity contribution in [1.29, 1.82) is 0 Å². The number of hydrogen-bond acceptors (Lipinski definition) is 2. The van der Waals surface area contributed by atoms with Crippen molar-refractivity contribution in [2.24, 2.45) is 0 Å². The van der Waals surface area contributed by atoms with Gasteiger partial charge in [-0.2, -0.15) is 0 Å². The predicted octanol–water partition coefficient (Wildman–Crippen LogP) is 4.66. The van der Waals surface area contributed by atoms with Crippen molar-refractivity contribution in [2.75, 3.05) is 6.61 Å². The van der Waals surface area contributed by atoms with Gasteiger partial charge in [0, 0.05) is 17.6 Å². The van der Waals surface area contributed by atoms with Gasteiger partial charge in [0.2, 0.25) is 0 Å². The number of nitrogens with one attached hydrogen (secondary N) is 1. The largest absolute Gasteiger partial charge is 0.494 e. The Morgan fingerprint density at radius 3 is 2.57 bits per heavy atom. The molecule has 21 heavy (non-hydrogen) atoms. The molecule has 0 atom stereocenters. The van der Waals surface area contributed by atoms with Crippen LogP contribution < -0.4 is 10.1 Å². The van der Waals surface area contributed by atoms with E-state index < -0.39 is 0 Å². The number of hydrogen-bond donors (Lipinski definition) is 1. The number of rotatable bonds is 6. The molecule has 1 fully saturated rings. The molecule has 2 aromatic rings. The lowest BCUT2D eigenvalue weighted by Gasteiger charge is -2.12. The molecule has 3 rings (SSSR count). The summed E-state index contributed by atoms with van der Waals surface area (Å²) in [5.74, 6) is 0.910. The van der Waals surface area contributed by atoms with Crippen LogP contribution in [-0.4, -0.2) is 12.6 Å². The van der Waals surface area contributed by atoms with Crippen LogP contribution in [0.3, 0.4) is 0 Å². The summed E-state index contributed by atoms with van der Waals surface area (Å²) in [7, 11) is 0. The Balaban J connectivity index is 1.84.